The van der Waals surface area contributed by atoms with E-state index in [1.807, 2.05) is 55.4 Å². The third-order valence-corrected chi connectivity index (χ3v) is 7.02. The predicted molar refractivity (Wildman–Crippen MR) is 106 cm³/mol. The second-order valence-corrected chi connectivity index (χ2v) is 10.7. The van der Waals surface area contributed by atoms with Crippen LogP contribution in [0.5, 0.6) is 0 Å². The number of aryl methyl sites for hydroxylation is 1. The molecule has 2 atom stereocenters. The van der Waals surface area contributed by atoms with Crippen LogP contribution in [0.15, 0.2) is 12.1 Å². The first kappa shape index (κ1) is 21.5. The van der Waals surface area contributed by atoms with Crippen LogP contribution in [-0.2, 0) is 20.3 Å². The number of nitrogens with two attached hydrogens (primary N) is 1. The highest BCUT2D eigenvalue weighted by atomic mass is 32.2. The zero-order valence-electron chi connectivity index (χ0n) is 17.1. The summed E-state index contributed by atoms with van der Waals surface area (Å²) in [5.74, 6) is -0.318. The summed E-state index contributed by atoms with van der Waals surface area (Å²) in [5, 5.41) is 5.59. The smallest absolute Gasteiger partial charge is 0.399 e. The Morgan fingerprint density at radius 3 is 2.19 bits per heavy atom. The van der Waals surface area contributed by atoms with Crippen LogP contribution in [0.3, 0.4) is 0 Å². The monoisotopic (exact) mass is 383 g/mol. The van der Waals surface area contributed by atoms with Gasteiger partial charge in [-0.05, 0) is 78.0 Å². The van der Waals surface area contributed by atoms with Gasteiger partial charge in [-0.1, -0.05) is 13.0 Å². The lowest BCUT2D eigenvalue weighted by Gasteiger charge is -2.32. The molecule has 1 aliphatic heterocycles. The average Bonchev–Trinajstić information content (AvgIpc) is 2.68. The maximum Gasteiger partial charge on any atom is 0.497 e. The highest BCUT2D eigenvalue weighted by Gasteiger charge is 2.52. The van der Waals surface area contributed by atoms with Gasteiger partial charge in [0.15, 0.2) is 0 Å². The highest BCUT2D eigenvalue weighted by molar-refractivity contribution is 7.84. The number of rotatable bonds is 5. The third kappa shape index (κ3) is 4.06. The average molecular weight is 383 g/mol. The van der Waals surface area contributed by atoms with Crippen molar-refractivity contribution in [3.05, 3.63) is 29.1 Å². The van der Waals surface area contributed by atoms with E-state index in [1.165, 1.54) is 0 Å². The van der Waals surface area contributed by atoms with Crippen LogP contribution < -0.4 is 10.6 Å². The van der Waals surface area contributed by atoms with Crippen molar-refractivity contribution in [1.29, 1.82) is 0 Å². The molecule has 1 fully saturated rings. The van der Waals surface area contributed by atoms with E-state index in [0.717, 1.165) is 11.1 Å². The molecule has 1 aliphatic rings. The van der Waals surface area contributed by atoms with E-state index >= 15 is 0 Å². The molecule has 1 saturated heterocycles. The van der Waals surface area contributed by atoms with Crippen LogP contribution in [0.25, 0.3) is 0 Å². The van der Waals surface area contributed by atoms with Crippen LogP contribution in [0, 0.1) is 12.7 Å². The molecule has 26 heavy (non-hydrogen) atoms. The normalized spacial score (nSPS) is 21.7. The molecule has 0 aliphatic carbocycles. The van der Waals surface area contributed by atoms with Crippen molar-refractivity contribution in [2.24, 2.45) is 5.14 Å². The van der Waals surface area contributed by atoms with Crippen molar-refractivity contribution in [3.8, 4) is 0 Å². The number of halogens is 1. The molecule has 146 valence electrons. The van der Waals surface area contributed by atoms with Crippen molar-refractivity contribution in [1.82, 2.24) is 0 Å². The summed E-state index contributed by atoms with van der Waals surface area (Å²) in [4.78, 5) is 0. The maximum absolute atomic E-state index is 14.9. The van der Waals surface area contributed by atoms with Gasteiger partial charge in [-0.15, -0.1) is 0 Å². The van der Waals surface area contributed by atoms with E-state index in [4.69, 9.17) is 14.4 Å². The minimum atomic E-state index is -1.44. The van der Waals surface area contributed by atoms with Crippen LogP contribution >= 0.6 is 0 Å². The fraction of sp³-hybridized carbons (Fsp3) is 0.684. The standard InChI is InChI=1S/C19H31BFNO3S/c1-12-9-15(20-24-18(5,6)19(7,8)25-20)16(21)10-14(12)13(2)11-17(3,4)26(22)23/h9-10,13H,11,22H2,1-8H3/t13-,26?/m1/s1. The van der Waals surface area contributed by atoms with Gasteiger partial charge in [0.05, 0.1) is 26.9 Å². The zero-order chi connectivity index (χ0) is 20.1. The molecule has 1 aromatic rings. The van der Waals surface area contributed by atoms with Crippen LogP contribution in [0.2, 0.25) is 0 Å². The molecule has 7 heteroatoms. The Kier molecular flexibility index (Phi) is 5.80. The highest BCUT2D eigenvalue weighted by Crippen LogP contribution is 2.37. The van der Waals surface area contributed by atoms with E-state index < -0.39 is 34.1 Å². The van der Waals surface area contributed by atoms with Crippen molar-refractivity contribution in [2.45, 2.75) is 83.7 Å². The molecule has 0 bridgehead atoms. The molecule has 0 radical (unpaired) electrons. The van der Waals surface area contributed by atoms with Gasteiger partial charge in [-0.25, -0.2) is 8.60 Å². The van der Waals surface area contributed by atoms with Crippen LogP contribution in [0.4, 0.5) is 4.39 Å². The number of hydrogen-bond donors (Lipinski definition) is 1. The van der Waals surface area contributed by atoms with Crippen molar-refractivity contribution >= 4 is 23.6 Å². The summed E-state index contributed by atoms with van der Waals surface area (Å²) < 4.78 is 38.0. The zero-order valence-corrected chi connectivity index (χ0v) is 17.9. The summed E-state index contributed by atoms with van der Waals surface area (Å²) >= 11 is 0. The number of benzene rings is 1. The lowest BCUT2D eigenvalue weighted by Crippen LogP contribution is -2.41. The predicted octanol–water partition coefficient (Wildman–Crippen LogP) is 3.33. The van der Waals surface area contributed by atoms with Crippen LogP contribution in [-0.4, -0.2) is 27.3 Å². The number of hydrogen-bond acceptors (Lipinski definition) is 3. The molecule has 1 heterocycles. The fourth-order valence-electron chi connectivity index (χ4n) is 3.33. The summed E-state index contributed by atoms with van der Waals surface area (Å²) in [6.07, 6.45) is 0.603. The molecule has 1 unspecified atom stereocenters. The largest absolute Gasteiger partial charge is 0.497 e. The summed E-state index contributed by atoms with van der Waals surface area (Å²) in [6, 6.07) is 3.35. The Hall–Kier alpha value is -0.755. The molecule has 1 aromatic carbocycles. The minimum Gasteiger partial charge on any atom is -0.399 e. The van der Waals surface area contributed by atoms with Gasteiger partial charge in [0, 0.05) is 5.46 Å². The molecule has 0 aromatic heterocycles. The first-order chi connectivity index (χ1) is 11.7. The van der Waals surface area contributed by atoms with E-state index in [-0.39, 0.29) is 11.7 Å². The topological polar surface area (TPSA) is 61.6 Å². The van der Waals surface area contributed by atoms with Crippen molar-refractivity contribution in [3.63, 3.8) is 0 Å². The van der Waals surface area contributed by atoms with Gasteiger partial charge in [-0.3, -0.25) is 5.14 Å². The summed E-state index contributed by atoms with van der Waals surface area (Å²) in [6.45, 7) is 15.5. The van der Waals surface area contributed by atoms with Crippen molar-refractivity contribution < 1.29 is 17.9 Å². The molecule has 4 nitrogen and oxygen atoms in total. The van der Waals surface area contributed by atoms with Gasteiger partial charge < -0.3 is 9.31 Å². The van der Waals surface area contributed by atoms with Gasteiger partial charge in [0.25, 0.3) is 0 Å². The van der Waals surface area contributed by atoms with Gasteiger partial charge in [0.1, 0.15) is 5.82 Å². The molecular formula is C19H31BFNO3S. The fourth-order valence-corrected chi connectivity index (χ4v) is 3.74. The van der Waals surface area contributed by atoms with Gasteiger partial charge in [-0.2, -0.15) is 0 Å². The second-order valence-electron chi connectivity index (χ2n) is 8.98. The Balaban J connectivity index is 2.31. The quantitative estimate of drug-likeness (QED) is 0.794. The third-order valence-electron chi connectivity index (χ3n) is 5.77. The molecule has 0 amide bonds. The molecular weight excluding hydrogens is 352 g/mol. The van der Waals surface area contributed by atoms with Crippen molar-refractivity contribution in [2.75, 3.05) is 0 Å². The Morgan fingerprint density at radius 1 is 1.23 bits per heavy atom. The summed E-state index contributed by atoms with van der Waals surface area (Å²) in [7, 11) is -2.17. The van der Waals surface area contributed by atoms with E-state index in [2.05, 4.69) is 0 Å². The Bertz CT molecular complexity index is 705. The van der Waals surface area contributed by atoms with Crippen LogP contribution in [0.1, 0.15) is 71.9 Å². The lowest BCUT2D eigenvalue weighted by atomic mass is 9.76. The van der Waals surface area contributed by atoms with E-state index in [9.17, 15) is 8.60 Å². The first-order valence-corrected chi connectivity index (χ1v) is 10.2. The molecule has 2 N–H and O–H groups in total. The SMILES string of the molecule is Cc1cc(B2OC(C)(C)C(C)(C)O2)c(F)cc1[C@H](C)CC(C)(C)S(N)=O. The van der Waals surface area contributed by atoms with E-state index in [1.54, 1.807) is 12.1 Å². The molecule has 0 saturated carbocycles. The van der Waals surface area contributed by atoms with Gasteiger partial charge >= 0.3 is 7.12 Å². The molecule has 0 spiro atoms. The lowest BCUT2D eigenvalue weighted by molar-refractivity contribution is 0.00578. The van der Waals surface area contributed by atoms with Gasteiger partial charge in [0.2, 0.25) is 0 Å². The minimum absolute atomic E-state index is 0.0272. The summed E-state index contributed by atoms with van der Waals surface area (Å²) in [5.41, 5.74) is 1.24. The first-order valence-electron chi connectivity index (χ1n) is 9.00. The maximum atomic E-state index is 14.9. The second kappa shape index (κ2) is 7.00. The Morgan fingerprint density at radius 2 is 1.73 bits per heavy atom. The Labute approximate surface area is 159 Å². The van der Waals surface area contributed by atoms with E-state index in [0.29, 0.717) is 11.9 Å². The molecule has 2 rings (SSSR count).